The molecule has 8 nitrogen and oxygen atoms in total. The minimum Gasteiger partial charge on any atom is -0.332 e. The number of nitrogens with zero attached hydrogens (tertiary/aromatic N) is 5. The highest BCUT2D eigenvalue weighted by Crippen LogP contribution is 2.48. The van der Waals surface area contributed by atoms with Crippen LogP contribution in [0.1, 0.15) is 44.6 Å². The van der Waals surface area contributed by atoms with Gasteiger partial charge in [0.2, 0.25) is 0 Å². The van der Waals surface area contributed by atoms with Crippen molar-refractivity contribution in [2.45, 2.75) is 58.7 Å². The Balaban J connectivity index is 1.42. The van der Waals surface area contributed by atoms with Crippen LogP contribution in [-0.4, -0.2) is 28.9 Å². The highest BCUT2D eigenvalue weighted by molar-refractivity contribution is 5.75. The van der Waals surface area contributed by atoms with Gasteiger partial charge in [-0.2, -0.15) is 5.10 Å². The van der Waals surface area contributed by atoms with Crippen LogP contribution in [0, 0.1) is 11.7 Å². The Bertz CT molecular complexity index is 1430. The van der Waals surface area contributed by atoms with Crippen molar-refractivity contribution < 1.29 is 4.39 Å². The normalized spacial score (nSPS) is 17.7. The minimum atomic E-state index is -0.341. The first-order valence-electron chi connectivity index (χ1n) is 11.5. The zero-order chi connectivity index (χ0) is 23.1. The van der Waals surface area contributed by atoms with Gasteiger partial charge in [-0.25, -0.2) is 14.2 Å². The molecule has 1 aliphatic carbocycles. The van der Waals surface area contributed by atoms with Gasteiger partial charge in [0.1, 0.15) is 17.2 Å². The molecule has 9 heteroatoms. The fourth-order valence-corrected chi connectivity index (χ4v) is 4.57. The van der Waals surface area contributed by atoms with E-state index < -0.39 is 0 Å². The van der Waals surface area contributed by atoms with Crippen LogP contribution in [0.2, 0.25) is 0 Å². The summed E-state index contributed by atoms with van der Waals surface area (Å²) in [5, 5.41) is 4.47. The predicted molar refractivity (Wildman–Crippen MR) is 124 cm³/mol. The number of H-pyrrole nitrogens is 1. The topological polar surface area (TPSA) is 90.5 Å². The van der Waals surface area contributed by atoms with Gasteiger partial charge in [-0.05, 0) is 48.8 Å². The van der Waals surface area contributed by atoms with Crippen molar-refractivity contribution in [2.75, 3.05) is 0 Å². The van der Waals surface area contributed by atoms with Crippen molar-refractivity contribution in [1.82, 2.24) is 28.9 Å². The molecule has 2 unspecified atom stereocenters. The highest BCUT2D eigenvalue weighted by Gasteiger charge is 2.38. The number of aromatic nitrogens is 6. The summed E-state index contributed by atoms with van der Waals surface area (Å²) in [5.41, 5.74) is 1.85. The van der Waals surface area contributed by atoms with Gasteiger partial charge in [0.05, 0.1) is 11.8 Å². The second-order valence-corrected chi connectivity index (χ2v) is 8.78. The van der Waals surface area contributed by atoms with Gasteiger partial charge < -0.3 is 4.98 Å². The van der Waals surface area contributed by atoms with Crippen molar-refractivity contribution in [1.29, 1.82) is 0 Å². The standard InChI is InChI=1S/C24H27FN6O2/c1-3-8-30-22-20(23(32)31(9-4-2)24(30)33)27-21(28-22)17-12-26-29(14-17)13-16-11-19(16)15-6-5-7-18(25)10-15/h5-7,10,12,14,16,19H,3-4,8-9,11,13H2,1-2H3,(H,27,28). The van der Waals surface area contributed by atoms with Gasteiger partial charge in [-0.1, -0.05) is 26.0 Å². The maximum Gasteiger partial charge on any atom is 0.332 e. The second-order valence-electron chi connectivity index (χ2n) is 8.78. The molecule has 33 heavy (non-hydrogen) atoms. The molecule has 0 radical (unpaired) electrons. The number of benzene rings is 1. The van der Waals surface area contributed by atoms with Crippen molar-refractivity contribution in [3.63, 3.8) is 0 Å². The molecule has 2 atom stereocenters. The number of imidazole rings is 1. The minimum absolute atomic E-state index is 0.205. The van der Waals surface area contributed by atoms with Crippen LogP contribution in [0.15, 0.2) is 46.2 Å². The predicted octanol–water partition coefficient (Wildman–Crippen LogP) is 3.51. The molecule has 172 valence electrons. The van der Waals surface area contributed by atoms with Crippen LogP contribution in [-0.2, 0) is 19.6 Å². The molecule has 1 aromatic carbocycles. The lowest BCUT2D eigenvalue weighted by Crippen LogP contribution is -2.40. The summed E-state index contributed by atoms with van der Waals surface area (Å²) in [7, 11) is 0. The number of fused-ring (bicyclic) bond motifs is 1. The Hall–Kier alpha value is -3.49. The Labute approximate surface area is 189 Å². The monoisotopic (exact) mass is 450 g/mol. The van der Waals surface area contributed by atoms with E-state index in [1.165, 1.54) is 10.6 Å². The zero-order valence-electron chi connectivity index (χ0n) is 18.8. The van der Waals surface area contributed by atoms with E-state index in [2.05, 4.69) is 15.1 Å². The first kappa shape index (κ1) is 21.4. The van der Waals surface area contributed by atoms with E-state index in [0.717, 1.165) is 30.5 Å². The first-order valence-corrected chi connectivity index (χ1v) is 11.5. The Morgan fingerprint density at radius 1 is 1.15 bits per heavy atom. The molecular weight excluding hydrogens is 423 g/mol. The van der Waals surface area contributed by atoms with Gasteiger partial charge >= 0.3 is 5.69 Å². The Morgan fingerprint density at radius 3 is 2.70 bits per heavy atom. The molecule has 1 aliphatic rings. The number of hydrogen-bond acceptors (Lipinski definition) is 4. The summed E-state index contributed by atoms with van der Waals surface area (Å²) in [6.07, 6.45) is 6.06. The van der Waals surface area contributed by atoms with Gasteiger partial charge in [0.15, 0.2) is 5.65 Å². The lowest BCUT2D eigenvalue weighted by atomic mass is 10.1. The summed E-state index contributed by atoms with van der Waals surface area (Å²) < 4.78 is 18.2. The van der Waals surface area contributed by atoms with Crippen molar-refractivity contribution in [3.05, 3.63) is 68.9 Å². The van der Waals surface area contributed by atoms with Gasteiger partial charge in [-0.3, -0.25) is 18.6 Å². The van der Waals surface area contributed by atoms with E-state index in [9.17, 15) is 14.0 Å². The number of hydrogen-bond donors (Lipinski definition) is 1. The quantitative estimate of drug-likeness (QED) is 0.445. The fraction of sp³-hybridized carbons (Fsp3) is 0.417. The molecule has 0 saturated heterocycles. The van der Waals surface area contributed by atoms with Crippen LogP contribution in [0.4, 0.5) is 4.39 Å². The van der Waals surface area contributed by atoms with Crippen molar-refractivity contribution in [2.24, 2.45) is 5.92 Å². The fourth-order valence-electron chi connectivity index (χ4n) is 4.57. The van der Waals surface area contributed by atoms with Crippen LogP contribution in [0.25, 0.3) is 22.6 Å². The number of aromatic amines is 1. The van der Waals surface area contributed by atoms with Crippen molar-refractivity contribution >= 4 is 11.2 Å². The van der Waals surface area contributed by atoms with Crippen LogP contribution in [0.3, 0.4) is 0 Å². The number of halogens is 1. The summed E-state index contributed by atoms with van der Waals surface area (Å²) in [4.78, 5) is 33.5. The van der Waals surface area contributed by atoms with E-state index >= 15 is 0 Å². The van der Waals surface area contributed by atoms with Crippen LogP contribution < -0.4 is 11.2 Å². The Kier molecular flexibility index (Phi) is 5.47. The van der Waals surface area contributed by atoms with E-state index in [1.54, 1.807) is 22.9 Å². The molecule has 3 aromatic heterocycles. The SMILES string of the molecule is CCCn1c(=O)c2[nH]c(-c3cnn(CC4CC4c4cccc(F)c4)c3)nc2n(CCC)c1=O. The van der Waals surface area contributed by atoms with E-state index in [4.69, 9.17) is 0 Å². The van der Waals surface area contributed by atoms with E-state index in [1.807, 2.05) is 30.8 Å². The largest absolute Gasteiger partial charge is 0.332 e. The average molecular weight is 451 g/mol. The molecule has 5 rings (SSSR count). The summed E-state index contributed by atoms with van der Waals surface area (Å²) in [5.74, 6) is 1.07. The highest BCUT2D eigenvalue weighted by atomic mass is 19.1. The average Bonchev–Trinajstić information content (AvgIpc) is 3.18. The third-order valence-electron chi connectivity index (χ3n) is 6.28. The van der Waals surface area contributed by atoms with Gasteiger partial charge in [-0.15, -0.1) is 0 Å². The first-order chi connectivity index (χ1) is 16.0. The third kappa shape index (κ3) is 3.92. The number of aryl methyl sites for hydroxylation is 1. The maximum absolute atomic E-state index is 13.5. The smallest absolute Gasteiger partial charge is 0.332 e. The van der Waals surface area contributed by atoms with Gasteiger partial charge in [0, 0.05) is 25.8 Å². The molecule has 0 aliphatic heterocycles. The number of rotatable bonds is 8. The second kappa shape index (κ2) is 8.46. The van der Waals surface area contributed by atoms with Gasteiger partial charge in [0.25, 0.3) is 5.56 Å². The maximum atomic E-state index is 13.5. The molecule has 0 bridgehead atoms. The summed E-state index contributed by atoms with van der Waals surface area (Å²) >= 11 is 0. The van der Waals surface area contributed by atoms with E-state index in [-0.39, 0.29) is 17.1 Å². The zero-order valence-corrected chi connectivity index (χ0v) is 18.8. The molecule has 1 saturated carbocycles. The van der Waals surface area contributed by atoms with Crippen LogP contribution in [0.5, 0.6) is 0 Å². The van der Waals surface area contributed by atoms with Crippen LogP contribution >= 0.6 is 0 Å². The lowest BCUT2D eigenvalue weighted by molar-refractivity contribution is 0.552. The number of nitrogens with one attached hydrogen (secondary N) is 1. The molecule has 1 N–H and O–H groups in total. The molecule has 0 amide bonds. The Morgan fingerprint density at radius 2 is 1.94 bits per heavy atom. The molecule has 0 spiro atoms. The third-order valence-corrected chi connectivity index (χ3v) is 6.28. The summed E-state index contributed by atoms with van der Waals surface area (Å²) in [6, 6.07) is 6.79. The van der Waals surface area contributed by atoms with Crippen molar-refractivity contribution in [3.8, 4) is 11.4 Å². The lowest BCUT2D eigenvalue weighted by Gasteiger charge is -2.09. The molecule has 1 fully saturated rings. The van der Waals surface area contributed by atoms with E-state index in [0.29, 0.717) is 48.3 Å². The summed E-state index contributed by atoms with van der Waals surface area (Å²) in [6.45, 7) is 5.51. The molecule has 3 heterocycles. The molecule has 4 aromatic rings. The molecular formula is C24H27FN6O2.